The number of benzene rings is 1. The molecular weight excluding hydrogens is 366 g/mol. The lowest BCUT2D eigenvalue weighted by Gasteiger charge is -2.19. The predicted molar refractivity (Wildman–Crippen MR) is 109 cm³/mol. The van der Waals surface area contributed by atoms with E-state index in [-0.39, 0.29) is 5.91 Å². The summed E-state index contributed by atoms with van der Waals surface area (Å²) in [7, 11) is 1.69. The average Bonchev–Trinajstić information content (AvgIpc) is 3.51. The molecule has 7 heteroatoms. The van der Waals surface area contributed by atoms with Gasteiger partial charge in [0.05, 0.1) is 11.9 Å². The maximum atomic E-state index is 13.1. The van der Waals surface area contributed by atoms with Crippen molar-refractivity contribution in [3.8, 4) is 11.3 Å². The largest absolute Gasteiger partial charge is 0.619 e. The molecule has 0 atom stereocenters. The number of carbonyl (C=O) groups is 1. The van der Waals surface area contributed by atoms with Gasteiger partial charge in [-0.3, -0.25) is 9.69 Å². The molecule has 0 radical (unpaired) electrons. The van der Waals surface area contributed by atoms with Crippen LogP contribution in [0.2, 0.25) is 0 Å². The Hall–Kier alpha value is -3.74. The number of hydrogen-bond donors (Lipinski definition) is 0. The third-order valence-corrected chi connectivity index (χ3v) is 5.24. The van der Waals surface area contributed by atoms with Gasteiger partial charge in [-0.1, -0.05) is 30.3 Å². The van der Waals surface area contributed by atoms with Crippen LogP contribution in [0.15, 0.2) is 67.1 Å². The standard InChI is InChI=1S/C22H19N5O2/c1-25(22(28)17-8-5-11-26(29)14-17)20-12-19(16-6-3-2-4-7-16)24-21-18(15-9-10-15)13-23-27(20)21/h2-8,11-15H,9-10H2,1H3. The molecule has 0 aliphatic heterocycles. The van der Waals surface area contributed by atoms with E-state index in [0.717, 1.165) is 35.3 Å². The molecule has 1 aromatic carbocycles. The van der Waals surface area contributed by atoms with Gasteiger partial charge in [-0.2, -0.15) is 14.3 Å². The maximum Gasteiger partial charge on any atom is 0.265 e. The van der Waals surface area contributed by atoms with E-state index in [2.05, 4.69) is 5.10 Å². The topological polar surface area (TPSA) is 77.4 Å². The molecule has 3 heterocycles. The molecule has 1 aliphatic rings. The fourth-order valence-electron chi connectivity index (χ4n) is 3.52. The summed E-state index contributed by atoms with van der Waals surface area (Å²) in [4.78, 5) is 19.4. The smallest absolute Gasteiger partial charge is 0.265 e. The zero-order valence-electron chi connectivity index (χ0n) is 15.9. The van der Waals surface area contributed by atoms with E-state index in [0.29, 0.717) is 22.0 Å². The van der Waals surface area contributed by atoms with Gasteiger partial charge in [0.1, 0.15) is 11.4 Å². The Bertz CT molecular complexity index is 1210. The van der Waals surface area contributed by atoms with E-state index in [1.165, 1.54) is 17.3 Å². The van der Waals surface area contributed by atoms with Gasteiger partial charge in [0.2, 0.25) is 0 Å². The summed E-state index contributed by atoms with van der Waals surface area (Å²) in [6.45, 7) is 0. The van der Waals surface area contributed by atoms with Crippen LogP contribution in [0.3, 0.4) is 0 Å². The minimum atomic E-state index is -0.287. The van der Waals surface area contributed by atoms with Gasteiger partial charge in [-0.15, -0.1) is 0 Å². The van der Waals surface area contributed by atoms with Gasteiger partial charge in [-0.25, -0.2) is 4.98 Å². The molecule has 144 valence electrons. The summed E-state index contributed by atoms with van der Waals surface area (Å²) in [6.07, 6.45) is 6.75. The Morgan fingerprint density at radius 3 is 2.72 bits per heavy atom. The molecule has 0 N–H and O–H groups in total. The van der Waals surface area contributed by atoms with E-state index >= 15 is 0 Å². The lowest BCUT2D eigenvalue weighted by Crippen LogP contribution is -2.32. The predicted octanol–water partition coefficient (Wildman–Crippen LogP) is 3.18. The number of hydrogen-bond acceptors (Lipinski definition) is 4. The van der Waals surface area contributed by atoms with Crippen LogP contribution >= 0.6 is 0 Å². The van der Waals surface area contributed by atoms with E-state index in [4.69, 9.17) is 4.98 Å². The van der Waals surface area contributed by atoms with E-state index < -0.39 is 0 Å². The van der Waals surface area contributed by atoms with Gasteiger partial charge >= 0.3 is 0 Å². The molecule has 1 fully saturated rings. The van der Waals surface area contributed by atoms with Crippen LogP contribution in [0.4, 0.5) is 5.82 Å². The Labute approximate surface area is 167 Å². The van der Waals surface area contributed by atoms with Crippen molar-refractivity contribution < 1.29 is 9.52 Å². The molecule has 7 nitrogen and oxygen atoms in total. The van der Waals surface area contributed by atoms with E-state index in [1.54, 1.807) is 23.7 Å². The van der Waals surface area contributed by atoms with Crippen molar-refractivity contribution in [3.05, 3.63) is 83.5 Å². The molecule has 29 heavy (non-hydrogen) atoms. The second-order valence-corrected chi connectivity index (χ2v) is 7.29. The highest BCUT2D eigenvalue weighted by molar-refractivity contribution is 6.05. The Morgan fingerprint density at radius 1 is 1.21 bits per heavy atom. The Kier molecular flexibility index (Phi) is 4.01. The number of rotatable bonds is 4. The quantitative estimate of drug-likeness (QED) is 0.399. The summed E-state index contributed by atoms with van der Waals surface area (Å²) < 4.78 is 2.34. The molecule has 3 aromatic heterocycles. The van der Waals surface area contributed by atoms with Crippen LogP contribution < -0.4 is 9.63 Å². The van der Waals surface area contributed by atoms with Crippen LogP contribution in [0.5, 0.6) is 0 Å². The number of pyridine rings is 1. The van der Waals surface area contributed by atoms with Crippen LogP contribution in [-0.4, -0.2) is 27.6 Å². The Morgan fingerprint density at radius 2 is 2.00 bits per heavy atom. The molecule has 1 amide bonds. The summed E-state index contributed by atoms with van der Waals surface area (Å²) in [5, 5.41) is 16.1. The van der Waals surface area contributed by atoms with Crippen LogP contribution in [0, 0.1) is 5.21 Å². The molecule has 0 spiro atoms. The second kappa shape index (κ2) is 6.70. The molecule has 4 aromatic rings. The molecule has 1 aliphatic carbocycles. The van der Waals surface area contributed by atoms with E-state index in [9.17, 15) is 10.0 Å². The van der Waals surface area contributed by atoms with Gasteiger partial charge < -0.3 is 5.21 Å². The number of fused-ring (bicyclic) bond motifs is 1. The molecule has 0 bridgehead atoms. The minimum absolute atomic E-state index is 0.287. The van der Waals surface area contributed by atoms with Crippen molar-refractivity contribution in [2.75, 3.05) is 11.9 Å². The van der Waals surface area contributed by atoms with Gasteiger partial charge in [0.25, 0.3) is 5.91 Å². The average molecular weight is 385 g/mol. The number of anilines is 1. The normalized spacial score (nSPS) is 13.6. The van der Waals surface area contributed by atoms with Gasteiger partial charge in [0.15, 0.2) is 18.0 Å². The molecule has 1 saturated carbocycles. The van der Waals surface area contributed by atoms with Crippen molar-refractivity contribution in [2.24, 2.45) is 0 Å². The summed E-state index contributed by atoms with van der Waals surface area (Å²) in [5.74, 6) is 0.797. The van der Waals surface area contributed by atoms with Crippen molar-refractivity contribution in [1.29, 1.82) is 0 Å². The summed E-state index contributed by atoms with van der Waals surface area (Å²) in [6, 6.07) is 14.9. The SMILES string of the molecule is CN(C(=O)c1ccc[n+]([O-])c1)c1cc(-c2ccccc2)nc2c(C3CC3)cnn12. The molecule has 0 saturated heterocycles. The monoisotopic (exact) mass is 385 g/mol. The highest BCUT2D eigenvalue weighted by Crippen LogP contribution is 2.42. The minimum Gasteiger partial charge on any atom is -0.619 e. The van der Waals surface area contributed by atoms with Crippen molar-refractivity contribution in [3.63, 3.8) is 0 Å². The highest BCUT2D eigenvalue weighted by atomic mass is 16.5. The fraction of sp³-hybridized carbons (Fsp3) is 0.182. The van der Waals surface area contributed by atoms with Crippen LogP contribution in [-0.2, 0) is 0 Å². The zero-order chi connectivity index (χ0) is 20.0. The lowest BCUT2D eigenvalue weighted by molar-refractivity contribution is -0.605. The van der Waals surface area contributed by atoms with Crippen molar-refractivity contribution >= 4 is 17.4 Å². The van der Waals surface area contributed by atoms with Crippen molar-refractivity contribution in [1.82, 2.24) is 14.6 Å². The third kappa shape index (κ3) is 3.10. The highest BCUT2D eigenvalue weighted by Gasteiger charge is 2.29. The maximum absolute atomic E-state index is 13.1. The second-order valence-electron chi connectivity index (χ2n) is 7.29. The first-order valence-corrected chi connectivity index (χ1v) is 9.53. The van der Waals surface area contributed by atoms with Crippen LogP contribution in [0.25, 0.3) is 16.9 Å². The summed E-state index contributed by atoms with van der Waals surface area (Å²) in [5.41, 5.74) is 3.95. The summed E-state index contributed by atoms with van der Waals surface area (Å²) >= 11 is 0. The number of carbonyl (C=O) groups excluding carboxylic acids is 1. The molecule has 0 unspecified atom stereocenters. The number of nitrogens with zero attached hydrogens (tertiary/aromatic N) is 5. The van der Waals surface area contributed by atoms with E-state index in [1.807, 2.05) is 42.6 Å². The first-order valence-electron chi connectivity index (χ1n) is 9.53. The third-order valence-electron chi connectivity index (χ3n) is 5.24. The molecule has 5 rings (SSSR count). The van der Waals surface area contributed by atoms with Gasteiger partial charge in [-0.05, 0) is 24.8 Å². The molecular formula is C22H19N5O2. The number of aromatic nitrogens is 4. The van der Waals surface area contributed by atoms with Crippen LogP contribution in [0.1, 0.15) is 34.7 Å². The fourth-order valence-corrected chi connectivity index (χ4v) is 3.52. The zero-order valence-corrected chi connectivity index (χ0v) is 15.9. The lowest BCUT2D eigenvalue weighted by atomic mass is 10.1. The number of amides is 1. The Balaban J connectivity index is 1.66. The van der Waals surface area contributed by atoms with Gasteiger partial charge in [0, 0.05) is 30.3 Å². The first-order chi connectivity index (χ1) is 14.1. The first kappa shape index (κ1) is 17.4. The van der Waals surface area contributed by atoms with Crippen molar-refractivity contribution in [2.45, 2.75) is 18.8 Å².